The number of esters is 1. The molecule has 0 bridgehead atoms. The van der Waals surface area contributed by atoms with Crippen molar-refractivity contribution >= 4 is 11.7 Å². The molecule has 0 saturated carbocycles. The molecule has 0 aliphatic rings. The topological polar surface area (TPSA) is 59.0 Å². The van der Waals surface area contributed by atoms with Crippen LogP contribution in [0.4, 0.5) is 5.69 Å². The second-order valence-corrected chi connectivity index (χ2v) is 10.1. The second-order valence-electron chi connectivity index (χ2n) is 10.1. The van der Waals surface area contributed by atoms with Crippen molar-refractivity contribution in [3.8, 4) is 22.6 Å². The van der Waals surface area contributed by atoms with E-state index in [0.29, 0.717) is 11.3 Å². The minimum Gasteiger partial charge on any atom is -0.494 e. The number of aliphatic hydroxyl groups excluding tert-OH is 1. The normalized spacial score (nSPS) is 10.9. The van der Waals surface area contributed by atoms with Crippen LogP contribution in [0.5, 0.6) is 11.5 Å². The van der Waals surface area contributed by atoms with Gasteiger partial charge in [-0.05, 0) is 72.0 Å². The van der Waals surface area contributed by atoms with Crippen molar-refractivity contribution in [2.75, 3.05) is 25.6 Å². The summed E-state index contributed by atoms with van der Waals surface area (Å²) in [6.45, 7) is 4.82. The molecule has 0 saturated heterocycles. The molecular weight excluding hydrogens is 474 g/mol. The van der Waals surface area contributed by atoms with Crippen LogP contribution in [0.2, 0.25) is 0 Å². The molecule has 0 aliphatic carbocycles. The van der Waals surface area contributed by atoms with Crippen molar-refractivity contribution in [1.29, 1.82) is 0 Å². The molecule has 0 aromatic heterocycles. The molecule has 0 aliphatic heterocycles. The fraction of sp³-hybridized carbons (Fsp3) is 0.424. The molecule has 1 N–H and O–H groups in total. The van der Waals surface area contributed by atoms with Gasteiger partial charge in [0.05, 0.1) is 24.5 Å². The van der Waals surface area contributed by atoms with Gasteiger partial charge in [-0.15, -0.1) is 0 Å². The van der Waals surface area contributed by atoms with Gasteiger partial charge in [-0.1, -0.05) is 76.1 Å². The number of benzene rings is 3. The molecule has 38 heavy (non-hydrogen) atoms. The van der Waals surface area contributed by atoms with Gasteiger partial charge in [0.2, 0.25) is 0 Å². The van der Waals surface area contributed by atoms with Crippen molar-refractivity contribution in [3.63, 3.8) is 0 Å². The largest absolute Gasteiger partial charge is 0.494 e. The minimum atomic E-state index is -0.433. The Morgan fingerprint density at radius 3 is 1.97 bits per heavy atom. The summed E-state index contributed by atoms with van der Waals surface area (Å²) in [5.41, 5.74) is 5.02. The first kappa shape index (κ1) is 29.2. The van der Waals surface area contributed by atoms with Crippen molar-refractivity contribution in [2.45, 2.75) is 71.8 Å². The van der Waals surface area contributed by atoms with Crippen LogP contribution in [0.25, 0.3) is 11.1 Å². The molecule has 3 aromatic rings. The molecule has 5 nitrogen and oxygen atoms in total. The number of hydrogen-bond acceptors (Lipinski definition) is 5. The standard InChI is InChI=1S/C33H43NO4/c1-5-6-7-8-9-10-11-12-21-37-30-19-17-27(18-20-30)26-13-15-28(16-14-26)33(36)38-32-23-29(24-35)25(2)22-31(32)34(3)4/h13-20,22-23,35H,5-12,21,24H2,1-4H3. The highest BCUT2D eigenvalue weighted by atomic mass is 16.5. The lowest BCUT2D eigenvalue weighted by atomic mass is 10.0. The van der Waals surface area contributed by atoms with Gasteiger partial charge in [0.1, 0.15) is 5.75 Å². The molecule has 3 aromatic carbocycles. The van der Waals surface area contributed by atoms with E-state index in [1.807, 2.05) is 68.4 Å². The molecule has 3 rings (SSSR count). The first-order valence-electron chi connectivity index (χ1n) is 13.9. The van der Waals surface area contributed by atoms with Gasteiger partial charge >= 0.3 is 5.97 Å². The molecule has 0 amide bonds. The highest BCUT2D eigenvalue weighted by Crippen LogP contribution is 2.32. The average Bonchev–Trinajstić information content (AvgIpc) is 2.93. The van der Waals surface area contributed by atoms with Crippen LogP contribution in [-0.4, -0.2) is 31.8 Å². The van der Waals surface area contributed by atoms with Gasteiger partial charge in [-0.25, -0.2) is 4.79 Å². The van der Waals surface area contributed by atoms with Gasteiger partial charge in [-0.2, -0.15) is 0 Å². The Morgan fingerprint density at radius 2 is 1.39 bits per heavy atom. The van der Waals surface area contributed by atoms with E-state index in [1.54, 1.807) is 18.2 Å². The van der Waals surface area contributed by atoms with Gasteiger partial charge in [0.25, 0.3) is 0 Å². The quantitative estimate of drug-likeness (QED) is 0.126. The van der Waals surface area contributed by atoms with Crippen LogP contribution in [0.3, 0.4) is 0 Å². The zero-order valence-corrected chi connectivity index (χ0v) is 23.5. The Hall–Kier alpha value is -3.31. The van der Waals surface area contributed by atoms with E-state index in [2.05, 4.69) is 6.92 Å². The summed E-state index contributed by atoms with van der Waals surface area (Å²) in [5, 5.41) is 9.62. The number of rotatable bonds is 15. The zero-order chi connectivity index (χ0) is 27.3. The summed E-state index contributed by atoms with van der Waals surface area (Å²) in [6.07, 6.45) is 10.3. The van der Waals surface area contributed by atoms with Crippen LogP contribution in [0.15, 0.2) is 60.7 Å². The van der Waals surface area contributed by atoms with Crippen LogP contribution in [0.1, 0.15) is 79.8 Å². The second kappa shape index (κ2) is 15.2. The van der Waals surface area contributed by atoms with Crippen molar-refractivity contribution in [3.05, 3.63) is 77.4 Å². The fourth-order valence-electron chi connectivity index (χ4n) is 4.44. The van der Waals surface area contributed by atoms with E-state index in [1.165, 1.54) is 44.9 Å². The molecule has 0 heterocycles. The monoisotopic (exact) mass is 517 g/mol. The number of aliphatic hydroxyl groups is 1. The lowest BCUT2D eigenvalue weighted by molar-refractivity contribution is 0.0735. The lowest BCUT2D eigenvalue weighted by Crippen LogP contribution is -2.15. The van der Waals surface area contributed by atoms with Crippen LogP contribution in [-0.2, 0) is 6.61 Å². The number of anilines is 1. The van der Waals surface area contributed by atoms with Gasteiger partial charge in [-0.3, -0.25) is 0 Å². The number of nitrogens with zero attached hydrogens (tertiary/aromatic N) is 1. The maximum Gasteiger partial charge on any atom is 0.343 e. The first-order chi connectivity index (χ1) is 18.4. The molecule has 0 spiro atoms. The summed E-state index contributed by atoms with van der Waals surface area (Å²) >= 11 is 0. The number of carbonyl (C=O) groups is 1. The third-order valence-electron chi connectivity index (χ3n) is 6.85. The summed E-state index contributed by atoms with van der Waals surface area (Å²) in [4.78, 5) is 14.8. The van der Waals surface area contributed by atoms with Crippen LogP contribution >= 0.6 is 0 Å². The number of hydrogen-bond donors (Lipinski definition) is 1. The number of ether oxygens (including phenoxy) is 2. The number of unbranched alkanes of at least 4 members (excludes halogenated alkanes) is 7. The maximum absolute atomic E-state index is 12.9. The Morgan fingerprint density at radius 1 is 0.816 bits per heavy atom. The van der Waals surface area contributed by atoms with Crippen LogP contribution in [0, 0.1) is 6.92 Å². The van der Waals surface area contributed by atoms with Gasteiger partial charge in [0, 0.05) is 14.1 Å². The highest BCUT2D eigenvalue weighted by molar-refractivity contribution is 5.92. The van der Waals surface area contributed by atoms with Crippen LogP contribution < -0.4 is 14.4 Å². The predicted octanol–water partition coefficient (Wildman–Crippen LogP) is 7.96. The van der Waals surface area contributed by atoms with Crippen molar-refractivity contribution in [1.82, 2.24) is 0 Å². The van der Waals surface area contributed by atoms with Gasteiger partial charge in [0.15, 0.2) is 5.75 Å². The highest BCUT2D eigenvalue weighted by Gasteiger charge is 2.15. The molecule has 0 unspecified atom stereocenters. The fourth-order valence-corrected chi connectivity index (χ4v) is 4.44. The van der Waals surface area contributed by atoms with E-state index in [-0.39, 0.29) is 6.61 Å². The number of carbonyl (C=O) groups excluding carboxylic acids is 1. The predicted molar refractivity (Wildman–Crippen MR) is 156 cm³/mol. The minimum absolute atomic E-state index is 0.109. The summed E-state index contributed by atoms with van der Waals surface area (Å²) in [6, 6.07) is 19.1. The molecule has 5 heteroatoms. The summed E-state index contributed by atoms with van der Waals surface area (Å²) in [5.74, 6) is 0.882. The molecule has 0 fully saturated rings. The SMILES string of the molecule is CCCCCCCCCCOc1ccc(-c2ccc(C(=O)Oc3cc(CO)c(C)cc3N(C)C)cc2)cc1. The molecule has 204 valence electrons. The Kier molecular flexibility index (Phi) is 11.7. The Bertz CT molecular complexity index is 1140. The third kappa shape index (κ3) is 8.63. The number of aryl methyl sites for hydroxylation is 1. The Labute approximate surface area is 228 Å². The lowest BCUT2D eigenvalue weighted by Gasteiger charge is -2.19. The van der Waals surface area contributed by atoms with E-state index >= 15 is 0 Å². The van der Waals surface area contributed by atoms with Crippen molar-refractivity contribution < 1.29 is 19.4 Å². The van der Waals surface area contributed by atoms with E-state index in [0.717, 1.165) is 46.7 Å². The third-order valence-corrected chi connectivity index (χ3v) is 6.85. The zero-order valence-electron chi connectivity index (χ0n) is 23.5. The molecule has 0 radical (unpaired) electrons. The summed E-state index contributed by atoms with van der Waals surface area (Å²) < 4.78 is 11.6. The summed E-state index contributed by atoms with van der Waals surface area (Å²) in [7, 11) is 3.79. The van der Waals surface area contributed by atoms with Gasteiger partial charge < -0.3 is 19.5 Å². The average molecular weight is 518 g/mol. The Balaban J connectivity index is 1.52. The maximum atomic E-state index is 12.9. The first-order valence-corrected chi connectivity index (χ1v) is 13.9. The van der Waals surface area contributed by atoms with E-state index < -0.39 is 5.97 Å². The smallest absolute Gasteiger partial charge is 0.343 e. The molecule has 0 atom stereocenters. The van der Waals surface area contributed by atoms with E-state index in [9.17, 15) is 9.90 Å². The van der Waals surface area contributed by atoms with Crippen molar-refractivity contribution in [2.24, 2.45) is 0 Å². The molecular formula is C33H43NO4. The van der Waals surface area contributed by atoms with E-state index in [4.69, 9.17) is 9.47 Å².